The second-order valence-corrected chi connectivity index (χ2v) is 4.14. The molecule has 1 unspecified atom stereocenters. The topological polar surface area (TPSA) is 75.3 Å². The van der Waals surface area contributed by atoms with Crippen LogP contribution in [-0.2, 0) is 9.53 Å². The summed E-state index contributed by atoms with van der Waals surface area (Å²) in [5, 5.41) is 9.07. The third-order valence-electron chi connectivity index (χ3n) is 2.50. The fraction of sp³-hybridized carbons (Fsp3) is 0.538. The van der Waals surface area contributed by atoms with E-state index in [0.29, 0.717) is 13.2 Å². The van der Waals surface area contributed by atoms with Crippen LogP contribution in [0.15, 0.2) is 18.5 Å². The van der Waals surface area contributed by atoms with Crippen molar-refractivity contribution in [1.82, 2.24) is 10.3 Å². The predicted octanol–water partition coefficient (Wildman–Crippen LogP) is 1.08. The van der Waals surface area contributed by atoms with E-state index in [1.54, 1.807) is 19.5 Å². The van der Waals surface area contributed by atoms with Crippen LogP contribution in [0.1, 0.15) is 13.8 Å². The maximum Gasteiger partial charge on any atom is 0.242 e. The van der Waals surface area contributed by atoms with Gasteiger partial charge in [-0.2, -0.15) is 0 Å². The number of pyridine rings is 1. The summed E-state index contributed by atoms with van der Waals surface area (Å²) in [6.45, 7) is 5.68. The first-order valence-corrected chi connectivity index (χ1v) is 6.39. The molecule has 1 atom stereocenters. The van der Waals surface area contributed by atoms with Crippen LogP contribution in [0.3, 0.4) is 0 Å². The highest BCUT2D eigenvalue weighted by Crippen LogP contribution is 2.13. The maximum absolute atomic E-state index is 11.8. The van der Waals surface area contributed by atoms with E-state index in [-0.39, 0.29) is 11.9 Å². The highest BCUT2D eigenvalue weighted by atomic mass is 16.5. The molecule has 0 saturated carbocycles. The van der Waals surface area contributed by atoms with E-state index in [2.05, 4.69) is 20.9 Å². The molecule has 0 aliphatic rings. The summed E-state index contributed by atoms with van der Waals surface area (Å²) in [7, 11) is 1.60. The van der Waals surface area contributed by atoms with Gasteiger partial charge in [0.05, 0.1) is 30.4 Å². The zero-order valence-corrected chi connectivity index (χ0v) is 11.7. The Bertz CT molecular complexity index is 398. The highest BCUT2D eigenvalue weighted by Gasteiger charge is 2.11. The molecule has 0 saturated heterocycles. The first-order chi connectivity index (χ1) is 9.17. The molecule has 19 heavy (non-hydrogen) atoms. The number of hydrogen-bond acceptors (Lipinski definition) is 5. The Morgan fingerprint density at radius 2 is 2.16 bits per heavy atom. The van der Waals surface area contributed by atoms with Crippen LogP contribution in [0, 0.1) is 0 Å². The van der Waals surface area contributed by atoms with Gasteiger partial charge in [0.2, 0.25) is 5.91 Å². The lowest BCUT2D eigenvalue weighted by atomic mass is 10.2. The van der Waals surface area contributed by atoms with E-state index in [1.807, 2.05) is 19.9 Å². The van der Waals surface area contributed by atoms with E-state index in [1.165, 1.54) is 0 Å². The van der Waals surface area contributed by atoms with Crippen molar-refractivity contribution < 1.29 is 9.53 Å². The van der Waals surface area contributed by atoms with E-state index < -0.39 is 0 Å². The fourth-order valence-corrected chi connectivity index (χ4v) is 1.56. The van der Waals surface area contributed by atoms with E-state index in [0.717, 1.165) is 17.9 Å². The number of hydrogen-bond donors (Lipinski definition) is 3. The largest absolute Gasteiger partial charge is 0.384 e. The van der Waals surface area contributed by atoms with Gasteiger partial charge in [0.1, 0.15) is 6.04 Å². The Kier molecular flexibility index (Phi) is 6.67. The quantitative estimate of drug-likeness (QED) is 0.614. The minimum atomic E-state index is -0.324. The molecule has 1 heterocycles. The van der Waals surface area contributed by atoms with Gasteiger partial charge in [-0.15, -0.1) is 0 Å². The van der Waals surface area contributed by atoms with Crippen molar-refractivity contribution in [3.05, 3.63) is 18.5 Å². The molecule has 3 N–H and O–H groups in total. The van der Waals surface area contributed by atoms with Crippen molar-refractivity contribution in [1.29, 1.82) is 0 Å². The number of anilines is 2. The van der Waals surface area contributed by atoms with Crippen molar-refractivity contribution in [3.8, 4) is 0 Å². The van der Waals surface area contributed by atoms with Gasteiger partial charge in [0, 0.05) is 20.2 Å². The lowest BCUT2D eigenvalue weighted by molar-refractivity contribution is -0.121. The van der Waals surface area contributed by atoms with Crippen molar-refractivity contribution in [2.75, 3.05) is 37.4 Å². The summed E-state index contributed by atoms with van der Waals surface area (Å²) in [6, 6.07) is 1.60. The summed E-state index contributed by atoms with van der Waals surface area (Å²) < 4.78 is 4.88. The first-order valence-electron chi connectivity index (χ1n) is 6.39. The highest BCUT2D eigenvalue weighted by molar-refractivity contribution is 5.84. The van der Waals surface area contributed by atoms with Crippen molar-refractivity contribution in [2.24, 2.45) is 0 Å². The molecule has 0 aromatic carbocycles. The van der Waals surface area contributed by atoms with Crippen LogP contribution in [0.2, 0.25) is 0 Å². The standard InChI is InChI=1S/C13H22N4O2/c1-4-15-11-7-12(9-14-8-11)17-10(2)13(18)16-5-6-19-3/h7-10,15,17H,4-6H2,1-3H3,(H,16,18). The minimum absolute atomic E-state index is 0.0640. The normalized spacial score (nSPS) is 11.7. The Labute approximate surface area is 113 Å². The summed E-state index contributed by atoms with van der Waals surface area (Å²) in [6.07, 6.45) is 3.44. The van der Waals surface area contributed by atoms with Gasteiger partial charge in [-0.1, -0.05) is 0 Å². The number of carbonyl (C=O) groups excluding carboxylic acids is 1. The van der Waals surface area contributed by atoms with Crippen molar-refractivity contribution in [3.63, 3.8) is 0 Å². The van der Waals surface area contributed by atoms with E-state index >= 15 is 0 Å². The average Bonchev–Trinajstić information content (AvgIpc) is 2.39. The average molecular weight is 266 g/mol. The minimum Gasteiger partial charge on any atom is -0.384 e. The van der Waals surface area contributed by atoms with Gasteiger partial charge in [0.25, 0.3) is 0 Å². The zero-order valence-electron chi connectivity index (χ0n) is 11.7. The number of rotatable bonds is 8. The van der Waals surface area contributed by atoms with Crippen molar-refractivity contribution >= 4 is 17.3 Å². The molecule has 6 heteroatoms. The summed E-state index contributed by atoms with van der Waals surface area (Å²) in [4.78, 5) is 15.9. The Balaban J connectivity index is 2.48. The molecule has 0 fully saturated rings. The first kappa shape index (κ1) is 15.2. The molecule has 1 rings (SSSR count). The van der Waals surface area contributed by atoms with Crippen LogP contribution in [0.25, 0.3) is 0 Å². The Morgan fingerprint density at radius 1 is 1.42 bits per heavy atom. The number of amides is 1. The maximum atomic E-state index is 11.8. The van der Waals surface area contributed by atoms with Crippen molar-refractivity contribution in [2.45, 2.75) is 19.9 Å². The molecule has 0 bridgehead atoms. The monoisotopic (exact) mass is 266 g/mol. The number of carbonyl (C=O) groups is 1. The van der Waals surface area contributed by atoms with E-state index in [9.17, 15) is 4.79 Å². The van der Waals surface area contributed by atoms with Gasteiger partial charge >= 0.3 is 0 Å². The molecule has 0 aliphatic carbocycles. The fourth-order valence-electron chi connectivity index (χ4n) is 1.56. The van der Waals surface area contributed by atoms with Crippen LogP contribution in [0.5, 0.6) is 0 Å². The van der Waals surface area contributed by atoms with Crippen LogP contribution in [0.4, 0.5) is 11.4 Å². The summed E-state index contributed by atoms with van der Waals surface area (Å²) >= 11 is 0. The number of methoxy groups -OCH3 is 1. The van der Waals surface area contributed by atoms with Gasteiger partial charge in [-0.3, -0.25) is 9.78 Å². The molecule has 106 valence electrons. The molecule has 0 spiro atoms. The third-order valence-corrected chi connectivity index (χ3v) is 2.50. The molecule has 1 aromatic heterocycles. The third kappa shape index (κ3) is 5.56. The smallest absolute Gasteiger partial charge is 0.242 e. The molecule has 6 nitrogen and oxygen atoms in total. The molecular weight excluding hydrogens is 244 g/mol. The number of ether oxygens (including phenoxy) is 1. The van der Waals surface area contributed by atoms with Gasteiger partial charge in [0.15, 0.2) is 0 Å². The predicted molar refractivity (Wildman–Crippen MR) is 76.4 cm³/mol. The zero-order chi connectivity index (χ0) is 14.1. The molecule has 1 amide bonds. The van der Waals surface area contributed by atoms with Gasteiger partial charge in [-0.05, 0) is 19.9 Å². The molecule has 0 radical (unpaired) electrons. The Hall–Kier alpha value is -1.82. The summed E-state index contributed by atoms with van der Waals surface area (Å²) in [5.74, 6) is -0.0640. The molecular formula is C13H22N4O2. The van der Waals surface area contributed by atoms with Crippen LogP contribution < -0.4 is 16.0 Å². The lowest BCUT2D eigenvalue weighted by Crippen LogP contribution is -2.39. The number of aromatic nitrogens is 1. The second-order valence-electron chi connectivity index (χ2n) is 4.14. The lowest BCUT2D eigenvalue weighted by Gasteiger charge is -2.15. The van der Waals surface area contributed by atoms with E-state index in [4.69, 9.17) is 4.74 Å². The van der Waals surface area contributed by atoms with Gasteiger partial charge in [-0.25, -0.2) is 0 Å². The number of nitrogens with one attached hydrogen (secondary N) is 3. The summed E-state index contributed by atoms with van der Waals surface area (Å²) in [5.41, 5.74) is 1.74. The number of nitrogens with zero attached hydrogens (tertiary/aromatic N) is 1. The van der Waals surface area contributed by atoms with Crippen LogP contribution >= 0.6 is 0 Å². The molecule has 0 aliphatic heterocycles. The van der Waals surface area contributed by atoms with Crippen LogP contribution in [-0.4, -0.2) is 43.7 Å². The SMILES string of the molecule is CCNc1cncc(NC(C)C(=O)NCCOC)c1. The van der Waals surface area contributed by atoms with Gasteiger partial charge < -0.3 is 20.7 Å². The second kappa shape index (κ2) is 8.31. The molecule has 1 aromatic rings. The Morgan fingerprint density at radius 3 is 2.84 bits per heavy atom.